The van der Waals surface area contributed by atoms with Gasteiger partial charge in [-0.2, -0.15) is 0 Å². The predicted molar refractivity (Wildman–Crippen MR) is 84.3 cm³/mol. The third kappa shape index (κ3) is 3.31. The average molecular weight is 303 g/mol. The normalized spacial score (nSPS) is 10.3. The van der Waals surface area contributed by atoms with E-state index < -0.39 is 5.97 Å². The zero-order chi connectivity index (χ0) is 15.6. The van der Waals surface area contributed by atoms with Gasteiger partial charge in [0.2, 0.25) is 0 Å². The second-order valence-electron chi connectivity index (χ2n) is 4.80. The maximum atomic E-state index is 12.3. The number of hydrogen-bond acceptors (Lipinski definition) is 4. The van der Waals surface area contributed by atoms with Gasteiger partial charge in [0.05, 0.1) is 18.2 Å². The number of rotatable bonds is 3. The predicted octanol–water partition coefficient (Wildman–Crippen LogP) is 3.71. The third-order valence-electron chi connectivity index (χ3n) is 3.19. The minimum Gasteiger partial charge on any atom is -0.465 e. The summed E-state index contributed by atoms with van der Waals surface area (Å²) in [5.41, 5.74) is 2.59. The Labute approximate surface area is 127 Å². The van der Waals surface area contributed by atoms with E-state index in [1.807, 2.05) is 26.8 Å². The molecule has 0 unspecified atom stereocenters. The molecule has 2 rings (SSSR count). The Kier molecular flexibility index (Phi) is 4.43. The van der Waals surface area contributed by atoms with Gasteiger partial charge in [0.15, 0.2) is 0 Å². The van der Waals surface area contributed by atoms with Gasteiger partial charge in [-0.05, 0) is 44.5 Å². The van der Waals surface area contributed by atoms with E-state index in [4.69, 9.17) is 4.74 Å². The first-order valence-corrected chi connectivity index (χ1v) is 7.31. The van der Waals surface area contributed by atoms with Crippen molar-refractivity contribution in [2.45, 2.75) is 20.8 Å². The van der Waals surface area contributed by atoms with Crippen LogP contribution in [0.15, 0.2) is 24.3 Å². The first kappa shape index (κ1) is 15.3. The summed E-state index contributed by atoms with van der Waals surface area (Å²) in [4.78, 5) is 26.0. The molecular formula is C16H17NO3S. The van der Waals surface area contributed by atoms with Crippen molar-refractivity contribution < 1.29 is 14.3 Å². The van der Waals surface area contributed by atoms with Gasteiger partial charge in [-0.3, -0.25) is 4.79 Å². The van der Waals surface area contributed by atoms with Gasteiger partial charge in [-0.1, -0.05) is 6.07 Å². The van der Waals surface area contributed by atoms with Gasteiger partial charge >= 0.3 is 5.97 Å². The highest BCUT2D eigenvalue weighted by Crippen LogP contribution is 2.23. The maximum absolute atomic E-state index is 12.3. The molecule has 1 N–H and O–H groups in total. The van der Waals surface area contributed by atoms with Crippen molar-refractivity contribution in [3.8, 4) is 0 Å². The number of nitrogens with one attached hydrogen (secondary N) is 1. The molecule has 1 heterocycles. The summed E-state index contributed by atoms with van der Waals surface area (Å²) in [6.45, 7) is 5.77. The van der Waals surface area contributed by atoms with Crippen LogP contribution in [0.4, 0.5) is 5.69 Å². The van der Waals surface area contributed by atoms with Crippen LogP contribution in [0, 0.1) is 20.8 Å². The van der Waals surface area contributed by atoms with Crippen LogP contribution >= 0.6 is 11.3 Å². The highest BCUT2D eigenvalue weighted by molar-refractivity contribution is 7.12. The van der Waals surface area contributed by atoms with Crippen molar-refractivity contribution >= 4 is 28.9 Å². The molecule has 4 nitrogen and oxygen atoms in total. The molecule has 5 heteroatoms. The molecule has 0 aliphatic carbocycles. The van der Waals surface area contributed by atoms with Crippen molar-refractivity contribution in [2.75, 3.05) is 12.4 Å². The molecule has 1 aromatic carbocycles. The zero-order valence-corrected chi connectivity index (χ0v) is 13.3. The third-order valence-corrected chi connectivity index (χ3v) is 4.16. The van der Waals surface area contributed by atoms with Gasteiger partial charge < -0.3 is 10.1 Å². The lowest BCUT2D eigenvalue weighted by Crippen LogP contribution is -2.14. The maximum Gasteiger partial charge on any atom is 0.337 e. The van der Waals surface area contributed by atoms with Crippen LogP contribution in [-0.2, 0) is 4.74 Å². The molecule has 0 atom stereocenters. The fourth-order valence-electron chi connectivity index (χ4n) is 2.05. The van der Waals surface area contributed by atoms with Crippen molar-refractivity contribution in [2.24, 2.45) is 0 Å². The molecule has 110 valence electrons. The summed E-state index contributed by atoms with van der Waals surface area (Å²) in [6, 6.07) is 6.97. The standard InChI is InChI=1S/C16H17NO3S/c1-9-5-6-12(16(19)20-4)8-14(9)17-15(18)13-7-10(2)21-11(13)3/h5-8H,1-4H3,(H,17,18). The number of esters is 1. The molecular weight excluding hydrogens is 286 g/mol. The molecule has 21 heavy (non-hydrogen) atoms. The Morgan fingerprint density at radius 2 is 1.86 bits per heavy atom. The molecule has 0 radical (unpaired) electrons. The average Bonchev–Trinajstić information content (AvgIpc) is 2.79. The van der Waals surface area contributed by atoms with Crippen LogP contribution in [0.3, 0.4) is 0 Å². The van der Waals surface area contributed by atoms with Gasteiger partial charge in [-0.15, -0.1) is 11.3 Å². The van der Waals surface area contributed by atoms with Gasteiger partial charge in [-0.25, -0.2) is 4.79 Å². The van der Waals surface area contributed by atoms with Crippen molar-refractivity contribution in [3.63, 3.8) is 0 Å². The largest absolute Gasteiger partial charge is 0.465 e. The Hall–Kier alpha value is -2.14. The van der Waals surface area contributed by atoms with Gasteiger partial charge in [0.1, 0.15) is 0 Å². The highest BCUT2D eigenvalue weighted by Gasteiger charge is 2.14. The monoisotopic (exact) mass is 303 g/mol. The van der Waals surface area contributed by atoms with E-state index in [9.17, 15) is 9.59 Å². The number of ether oxygens (including phenoxy) is 1. The van der Waals surface area contributed by atoms with Crippen LogP contribution in [0.2, 0.25) is 0 Å². The number of thiophene rings is 1. The summed E-state index contributed by atoms with van der Waals surface area (Å²) in [5.74, 6) is -0.588. The Bertz CT molecular complexity index is 704. The molecule has 0 saturated carbocycles. The van der Waals surface area contributed by atoms with Crippen LogP contribution in [0.5, 0.6) is 0 Å². The summed E-state index contributed by atoms with van der Waals surface area (Å²) in [5, 5.41) is 2.86. The second kappa shape index (κ2) is 6.10. The topological polar surface area (TPSA) is 55.4 Å². The van der Waals surface area contributed by atoms with E-state index in [2.05, 4.69) is 5.32 Å². The molecule has 1 amide bonds. The Balaban J connectivity index is 2.28. The smallest absolute Gasteiger partial charge is 0.337 e. The first-order valence-electron chi connectivity index (χ1n) is 6.49. The van der Waals surface area contributed by atoms with Crippen molar-refractivity contribution in [3.05, 3.63) is 50.7 Å². The van der Waals surface area contributed by atoms with Crippen molar-refractivity contribution in [1.82, 2.24) is 0 Å². The van der Waals surface area contributed by atoms with E-state index in [-0.39, 0.29) is 5.91 Å². The lowest BCUT2D eigenvalue weighted by Gasteiger charge is -2.10. The second-order valence-corrected chi connectivity index (χ2v) is 6.26. The molecule has 1 aromatic heterocycles. The van der Waals surface area contributed by atoms with E-state index in [0.29, 0.717) is 16.8 Å². The minimum absolute atomic E-state index is 0.165. The summed E-state index contributed by atoms with van der Waals surface area (Å²) >= 11 is 1.59. The number of benzene rings is 1. The quantitative estimate of drug-likeness (QED) is 0.879. The van der Waals surface area contributed by atoms with Crippen molar-refractivity contribution in [1.29, 1.82) is 0 Å². The Morgan fingerprint density at radius 1 is 1.14 bits per heavy atom. The van der Waals surface area contributed by atoms with Crippen LogP contribution in [-0.4, -0.2) is 19.0 Å². The Morgan fingerprint density at radius 3 is 2.43 bits per heavy atom. The molecule has 0 saturated heterocycles. The lowest BCUT2D eigenvalue weighted by molar-refractivity contribution is 0.0600. The molecule has 0 aliphatic rings. The summed E-state index contributed by atoms with van der Waals surface area (Å²) in [6.07, 6.45) is 0. The van der Waals surface area contributed by atoms with Gasteiger partial charge in [0.25, 0.3) is 5.91 Å². The fourth-order valence-corrected chi connectivity index (χ4v) is 2.97. The lowest BCUT2D eigenvalue weighted by atomic mass is 10.1. The number of hydrogen-bond donors (Lipinski definition) is 1. The molecule has 0 aliphatic heterocycles. The number of carbonyl (C=O) groups is 2. The number of amides is 1. The number of carbonyl (C=O) groups excluding carboxylic acids is 2. The highest BCUT2D eigenvalue weighted by atomic mass is 32.1. The number of methoxy groups -OCH3 is 1. The molecule has 0 spiro atoms. The van der Waals surface area contributed by atoms with E-state index >= 15 is 0 Å². The molecule has 0 bridgehead atoms. The van der Waals surface area contributed by atoms with E-state index in [0.717, 1.165) is 15.3 Å². The van der Waals surface area contributed by atoms with Crippen LogP contribution < -0.4 is 5.32 Å². The van der Waals surface area contributed by atoms with Crippen LogP contribution in [0.1, 0.15) is 36.0 Å². The van der Waals surface area contributed by atoms with Gasteiger partial charge in [0, 0.05) is 15.4 Å². The summed E-state index contributed by atoms with van der Waals surface area (Å²) in [7, 11) is 1.33. The molecule has 2 aromatic rings. The summed E-state index contributed by atoms with van der Waals surface area (Å²) < 4.78 is 4.69. The zero-order valence-electron chi connectivity index (χ0n) is 12.4. The first-order chi connectivity index (χ1) is 9.92. The van der Waals surface area contributed by atoms with E-state index in [1.54, 1.807) is 29.5 Å². The van der Waals surface area contributed by atoms with Crippen LogP contribution in [0.25, 0.3) is 0 Å². The number of anilines is 1. The molecule has 0 fully saturated rings. The number of aryl methyl sites for hydroxylation is 3. The fraction of sp³-hybridized carbons (Fsp3) is 0.250. The minimum atomic E-state index is -0.423. The SMILES string of the molecule is COC(=O)c1ccc(C)c(NC(=O)c2cc(C)sc2C)c1. The van der Waals surface area contributed by atoms with E-state index in [1.165, 1.54) is 7.11 Å².